The molecule has 2 aromatic rings. The third-order valence-corrected chi connectivity index (χ3v) is 4.01. The second-order valence-corrected chi connectivity index (χ2v) is 5.60. The summed E-state index contributed by atoms with van der Waals surface area (Å²) < 4.78 is 0. The summed E-state index contributed by atoms with van der Waals surface area (Å²) in [6, 6.07) is 13.9. The molecule has 0 saturated carbocycles. The van der Waals surface area contributed by atoms with Crippen molar-refractivity contribution in [2.75, 3.05) is 18.0 Å². The highest BCUT2D eigenvalue weighted by Crippen LogP contribution is 2.22. The standard InChI is InChI=1S/C18H22N4/c19-17(15-8-3-1-4-9-15)21-14-16-10-7-11-20-18(16)22-12-5-2-6-13-22/h1,3-4,7-11H,2,5-6,12-14H2,(H2,19,21). The van der Waals surface area contributed by atoms with Crippen molar-refractivity contribution in [3.63, 3.8) is 0 Å². The minimum atomic E-state index is 0.570. The monoisotopic (exact) mass is 294 g/mol. The molecule has 0 spiro atoms. The molecule has 1 aliphatic rings. The normalized spacial score (nSPS) is 15.8. The first-order valence-corrected chi connectivity index (χ1v) is 7.89. The molecule has 0 unspecified atom stereocenters. The summed E-state index contributed by atoms with van der Waals surface area (Å²) in [7, 11) is 0. The molecular formula is C18H22N4. The molecule has 114 valence electrons. The Bertz CT molecular complexity index is 631. The molecule has 2 heterocycles. The quantitative estimate of drug-likeness (QED) is 0.696. The predicted octanol–water partition coefficient (Wildman–Crippen LogP) is 2.98. The van der Waals surface area contributed by atoms with Gasteiger partial charge in [0.25, 0.3) is 0 Å². The first-order valence-electron chi connectivity index (χ1n) is 7.89. The van der Waals surface area contributed by atoms with Crippen molar-refractivity contribution in [2.45, 2.75) is 25.8 Å². The molecule has 1 fully saturated rings. The van der Waals surface area contributed by atoms with E-state index in [-0.39, 0.29) is 0 Å². The van der Waals surface area contributed by atoms with Crippen LogP contribution in [-0.2, 0) is 6.54 Å². The van der Waals surface area contributed by atoms with E-state index in [1.54, 1.807) is 0 Å². The highest BCUT2D eigenvalue weighted by atomic mass is 15.2. The molecule has 1 saturated heterocycles. The highest BCUT2D eigenvalue weighted by molar-refractivity contribution is 5.97. The average Bonchev–Trinajstić information content (AvgIpc) is 2.61. The van der Waals surface area contributed by atoms with Crippen LogP contribution in [0.25, 0.3) is 0 Å². The van der Waals surface area contributed by atoms with Gasteiger partial charge in [-0.15, -0.1) is 0 Å². The molecular weight excluding hydrogens is 272 g/mol. The van der Waals surface area contributed by atoms with Crippen LogP contribution in [0.4, 0.5) is 5.82 Å². The summed E-state index contributed by atoms with van der Waals surface area (Å²) >= 11 is 0. The fourth-order valence-electron chi connectivity index (χ4n) is 2.81. The van der Waals surface area contributed by atoms with Gasteiger partial charge in [-0.05, 0) is 25.3 Å². The molecule has 1 aliphatic heterocycles. The van der Waals surface area contributed by atoms with Gasteiger partial charge in [-0.1, -0.05) is 36.4 Å². The van der Waals surface area contributed by atoms with Gasteiger partial charge in [-0.3, -0.25) is 4.99 Å². The molecule has 0 bridgehead atoms. The summed E-state index contributed by atoms with van der Waals surface area (Å²) in [6.07, 6.45) is 5.66. The Morgan fingerprint density at radius 2 is 1.82 bits per heavy atom. The molecule has 3 rings (SSSR count). The zero-order valence-electron chi connectivity index (χ0n) is 12.8. The first kappa shape index (κ1) is 14.6. The van der Waals surface area contributed by atoms with E-state index in [0.717, 1.165) is 30.0 Å². The Hall–Kier alpha value is -2.36. The molecule has 2 N–H and O–H groups in total. The van der Waals surface area contributed by atoms with Crippen molar-refractivity contribution in [3.8, 4) is 0 Å². The third kappa shape index (κ3) is 3.45. The SMILES string of the molecule is NC(=NCc1cccnc1N1CCCCC1)c1ccccc1. The van der Waals surface area contributed by atoms with Crippen LogP contribution in [0, 0.1) is 0 Å². The average molecular weight is 294 g/mol. The fraction of sp³-hybridized carbons (Fsp3) is 0.333. The summed E-state index contributed by atoms with van der Waals surface area (Å²) in [5.41, 5.74) is 8.19. The van der Waals surface area contributed by atoms with Crippen molar-refractivity contribution in [1.82, 2.24) is 4.98 Å². The zero-order chi connectivity index (χ0) is 15.2. The molecule has 1 aromatic carbocycles. The lowest BCUT2D eigenvalue weighted by Gasteiger charge is -2.29. The van der Waals surface area contributed by atoms with Crippen LogP contribution in [0.3, 0.4) is 0 Å². The smallest absolute Gasteiger partial charge is 0.133 e. The number of rotatable bonds is 4. The predicted molar refractivity (Wildman–Crippen MR) is 91.2 cm³/mol. The van der Waals surface area contributed by atoms with Crippen molar-refractivity contribution < 1.29 is 0 Å². The lowest BCUT2D eigenvalue weighted by atomic mass is 10.1. The maximum Gasteiger partial charge on any atom is 0.133 e. The minimum Gasteiger partial charge on any atom is -0.383 e. The number of piperidine rings is 1. The summed E-state index contributed by atoms with van der Waals surface area (Å²) in [6.45, 7) is 2.74. The Morgan fingerprint density at radius 3 is 2.59 bits per heavy atom. The van der Waals surface area contributed by atoms with Crippen molar-refractivity contribution in [1.29, 1.82) is 0 Å². The van der Waals surface area contributed by atoms with Crippen molar-refractivity contribution >= 4 is 11.7 Å². The second kappa shape index (κ2) is 7.07. The lowest BCUT2D eigenvalue weighted by molar-refractivity contribution is 0.571. The maximum atomic E-state index is 6.09. The van der Waals surface area contributed by atoms with Gasteiger partial charge in [-0.25, -0.2) is 4.98 Å². The van der Waals surface area contributed by atoms with E-state index in [2.05, 4.69) is 20.9 Å². The number of amidine groups is 1. The Kier molecular flexibility index (Phi) is 4.68. The van der Waals surface area contributed by atoms with E-state index < -0.39 is 0 Å². The number of benzene rings is 1. The van der Waals surface area contributed by atoms with E-state index in [4.69, 9.17) is 5.73 Å². The molecule has 0 aliphatic carbocycles. The van der Waals surface area contributed by atoms with Crippen LogP contribution in [0.15, 0.2) is 53.7 Å². The van der Waals surface area contributed by atoms with E-state index in [9.17, 15) is 0 Å². The Morgan fingerprint density at radius 1 is 1.05 bits per heavy atom. The number of aliphatic imine (C=N–C) groups is 1. The van der Waals surface area contributed by atoms with Gasteiger partial charge in [0.05, 0.1) is 6.54 Å². The Balaban J connectivity index is 1.78. The van der Waals surface area contributed by atoms with Crippen LogP contribution in [-0.4, -0.2) is 23.9 Å². The number of nitrogens with zero attached hydrogens (tertiary/aromatic N) is 3. The fourth-order valence-corrected chi connectivity index (χ4v) is 2.81. The minimum absolute atomic E-state index is 0.570. The maximum absolute atomic E-state index is 6.09. The van der Waals surface area contributed by atoms with Gasteiger partial charge in [-0.2, -0.15) is 0 Å². The van der Waals surface area contributed by atoms with Crippen LogP contribution in [0.2, 0.25) is 0 Å². The van der Waals surface area contributed by atoms with Gasteiger partial charge >= 0.3 is 0 Å². The number of anilines is 1. The zero-order valence-corrected chi connectivity index (χ0v) is 12.8. The third-order valence-electron chi connectivity index (χ3n) is 4.01. The summed E-state index contributed by atoms with van der Waals surface area (Å²) in [4.78, 5) is 11.5. The van der Waals surface area contributed by atoms with Crippen molar-refractivity contribution in [2.24, 2.45) is 10.7 Å². The van der Waals surface area contributed by atoms with Crippen LogP contribution in [0.5, 0.6) is 0 Å². The van der Waals surface area contributed by atoms with Gasteiger partial charge in [0.1, 0.15) is 11.7 Å². The Labute approximate surface area is 131 Å². The van der Waals surface area contributed by atoms with Gasteiger partial charge < -0.3 is 10.6 Å². The summed E-state index contributed by atoms with van der Waals surface area (Å²) in [5.74, 6) is 1.64. The molecule has 0 radical (unpaired) electrons. The van der Waals surface area contributed by atoms with E-state index in [0.29, 0.717) is 12.4 Å². The van der Waals surface area contributed by atoms with Gasteiger partial charge in [0.2, 0.25) is 0 Å². The molecule has 4 heteroatoms. The molecule has 1 aromatic heterocycles. The van der Waals surface area contributed by atoms with Crippen LogP contribution < -0.4 is 10.6 Å². The van der Waals surface area contributed by atoms with Crippen LogP contribution in [0.1, 0.15) is 30.4 Å². The van der Waals surface area contributed by atoms with E-state index >= 15 is 0 Å². The van der Waals surface area contributed by atoms with Crippen molar-refractivity contribution in [3.05, 3.63) is 59.8 Å². The number of pyridine rings is 1. The number of hydrogen-bond acceptors (Lipinski definition) is 3. The number of aromatic nitrogens is 1. The number of hydrogen-bond donors (Lipinski definition) is 1. The summed E-state index contributed by atoms with van der Waals surface area (Å²) in [5, 5.41) is 0. The molecule has 0 atom stereocenters. The molecule has 4 nitrogen and oxygen atoms in total. The molecule has 0 amide bonds. The van der Waals surface area contributed by atoms with E-state index in [1.165, 1.54) is 19.3 Å². The van der Waals surface area contributed by atoms with E-state index in [1.807, 2.05) is 42.6 Å². The second-order valence-electron chi connectivity index (χ2n) is 5.60. The number of nitrogens with two attached hydrogens (primary N) is 1. The first-order chi connectivity index (χ1) is 10.8. The highest BCUT2D eigenvalue weighted by Gasteiger charge is 2.15. The van der Waals surface area contributed by atoms with Gasteiger partial charge in [0.15, 0.2) is 0 Å². The topological polar surface area (TPSA) is 54.5 Å². The van der Waals surface area contributed by atoms with Gasteiger partial charge in [0, 0.05) is 30.4 Å². The van der Waals surface area contributed by atoms with Crippen LogP contribution >= 0.6 is 0 Å². The largest absolute Gasteiger partial charge is 0.383 e. The molecule has 22 heavy (non-hydrogen) atoms. The lowest BCUT2D eigenvalue weighted by Crippen LogP contribution is -2.31.